The van der Waals surface area contributed by atoms with E-state index in [0.29, 0.717) is 85.0 Å². The summed E-state index contributed by atoms with van der Waals surface area (Å²) in [4.78, 5) is 28.5. The van der Waals surface area contributed by atoms with Gasteiger partial charge in [0.15, 0.2) is 23.1 Å². The molecule has 0 unspecified atom stereocenters. The standard InChI is InChI=1S/C50H54O8/c1-29(33-14-10-8-11-15-33)18-20-42(54)47-38-23-32(4)46(49(57-6)39(38)24-35(26-51)40(47)27-52)45-31(3)22-37-36(41(45)28-53)25-44(56-5)50(58-7)48(37)43(55)21-19-30(2)34-16-12-9-13-17-34/h8-17,22-25,29-30,51-53H,18-21,26-28H2,1-7H3/t29-,30+/m0/s1. The summed E-state index contributed by atoms with van der Waals surface area (Å²) >= 11 is 0. The Balaban J connectivity index is 1.53. The fourth-order valence-electron chi connectivity index (χ4n) is 8.60. The first-order chi connectivity index (χ1) is 28.0. The molecule has 0 saturated heterocycles. The molecule has 0 radical (unpaired) electrons. The van der Waals surface area contributed by atoms with Crippen molar-refractivity contribution in [1.29, 1.82) is 0 Å². The molecule has 8 nitrogen and oxygen atoms in total. The van der Waals surface area contributed by atoms with E-state index in [-0.39, 0.29) is 42.9 Å². The number of ketones is 2. The van der Waals surface area contributed by atoms with E-state index >= 15 is 0 Å². The van der Waals surface area contributed by atoms with Crippen LogP contribution < -0.4 is 14.2 Å². The first-order valence-corrected chi connectivity index (χ1v) is 19.9. The lowest BCUT2D eigenvalue weighted by Gasteiger charge is -2.24. The van der Waals surface area contributed by atoms with E-state index in [2.05, 4.69) is 38.1 Å². The van der Waals surface area contributed by atoms with Crippen molar-refractivity contribution >= 4 is 33.1 Å². The van der Waals surface area contributed by atoms with Gasteiger partial charge in [0.1, 0.15) is 5.75 Å². The van der Waals surface area contributed by atoms with Crippen LogP contribution in [-0.4, -0.2) is 48.2 Å². The molecule has 6 aromatic carbocycles. The monoisotopic (exact) mass is 782 g/mol. The van der Waals surface area contributed by atoms with Gasteiger partial charge in [-0.15, -0.1) is 0 Å². The number of fused-ring (bicyclic) bond motifs is 2. The van der Waals surface area contributed by atoms with Gasteiger partial charge in [0.05, 0.1) is 46.7 Å². The van der Waals surface area contributed by atoms with Crippen LogP contribution in [0.3, 0.4) is 0 Å². The molecule has 0 aliphatic carbocycles. The zero-order chi connectivity index (χ0) is 41.7. The number of hydrogen-bond donors (Lipinski definition) is 3. The Morgan fingerprint density at radius 1 is 0.552 bits per heavy atom. The van der Waals surface area contributed by atoms with Gasteiger partial charge in [-0.25, -0.2) is 0 Å². The SMILES string of the molecule is COc1cc2c(CO)c(-c3c(C)cc4c(C(=O)CC[C@H](C)c5ccccc5)c(CO)c(CO)cc4c3OC)c(C)cc2c(C(=O)CC[C@@H](C)c2ccccc2)c1OC. The highest BCUT2D eigenvalue weighted by Crippen LogP contribution is 2.48. The van der Waals surface area contributed by atoms with Crippen molar-refractivity contribution < 1.29 is 39.1 Å². The van der Waals surface area contributed by atoms with Gasteiger partial charge in [-0.05, 0) is 123 Å². The summed E-state index contributed by atoms with van der Waals surface area (Å²) in [6.45, 7) is 6.91. The highest BCUT2D eigenvalue weighted by molar-refractivity contribution is 6.15. The highest BCUT2D eigenvalue weighted by Gasteiger charge is 2.29. The molecule has 2 atom stereocenters. The number of carbonyl (C=O) groups is 2. The Kier molecular flexibility index (Phi) is 13.3. The first-order valence-electron chi connectivity index (χ1n) is 19.9. The Hall–Kier alpha value is -5.54. The minimum Gasteiger partial charge on any atom is -0.495 e. The Bertz CT molecular complexity index is 2280. The van der Waals surface area contributed by atoms with Crippen LogP contribution in [0.25, 0.3) is 32.7 Å². The van der Waals surface area contributed by atoms with Gasteiger partial charge in [-0.2, -0.15) is 0 Å². The molecule has 302 valence electrons. The normalized spacial score (nSPS) is 12.4. The van der Waals surface area contributed by atoms with Crippen LogP contribution in [0.4, 0.5) is 0 Å². The van der Waals surface area contributed by atoms with E-state index in [1.807, 2.05) is 62.4 Å². The number of ether oxygens (including phenoxy) is 3. The number of Topliss-reactive ketones (excluding diaryl/α,β-unsaturated/α-hetero) is 2. The van der Waals surface area contributed by atoms with Crippen molar-refractivity contribution in [3.63, 3.8) is 0 Å². The van der Waals surface area contributed by atoms with Gasteiger partial charge in [0.2, 0.25) is 0 Å². The van der Waals surface area contributed by atoms with Gasteiger partial charge >= 0.3 is 0 Å². The van der Waals surface area contributed by atoms with E-state index in [9.17, 15) is 24.9 Å². The molecule has 6 aromatic rings. The second-order valence-electron chi connectivity index (χ2n) is 15.2. The van der Waals surface area contributed by atoms with Gasteiger partial charge in [0.25, 0.3) is 0 Å². The molecule has 8 heteroatoms. The summed E-state index contributed by atoms with van der Waals surface area (Å²) in [7, 11) is 4.62. The smallest absolute Gasteiger partial charge is 0.172 e. The summed E-state index contributed by atoms with van der Waals surface area (Å²) in [5.74, 6) is 1.25. The van der Waals surface area contributed by atoms with E-state index in [1.165, 1.54) is 14.2 Å². The average molecular weight is 783 g/mol. The van der Waals surface area contributed by atoms with Crippen LogP contribution in [0, 0.1) is 13.8 Å². The fourth-order valence-corrected chi connectivity index (χ4v) is 8.60. The van der Waals surface area contributed by atoms with Crippen molar-refractivity contribution in [3.8, 4) is 28.4 Å². The number of rotatable bonds is 17. The van der Waals surface area contributed by atoms with Crippen LogP contribution in [0.5, 0.6) is 17.2 Å². The van der Waals surface area contributed by atoms with Crippen LogP contribution >= 0.6 is 0 Å². The maximum atomic E-state index is 14.3. The molecular formula is C50H54O8. The number of benzene rings is 6. The summed E-state index contributed by atoms with van der Waals surface area (Å²) in [6.07, 6.45) is 1.75. The molecule has 0 amide bonds. The van der Waals surface area contributed by atoms with Crippen molar-refractivity contribution in [1.82, 2.24) is 0 Å². The topological polar surface area (TPSA) is 123 Å². The largest absolute Gasteiger partial charge is 0.495 e. The van der Waals surface area contributed by atoms with Crippen molar-refractivity contribution in [3.05, 3.63) is 135 Å². The minimum atomic E-state index is -0.416. The van der Waals surface area contributed by atoms with E-state index < -0.39 is 13.2 Å². The number of carbonyl (C=O) groups excluding carboxylic acids is 2. The first kappa shape index (κ1) is 42.1. The van der Waals surface area contributed by atoms with Crippen molar-refractivity contribution in [2.75, 3.05) is 21.3 Å². The Morgan fingerprint density at radius 2 is 1.05 bits per heavy atom. The van der Waals surface area contributed by atoms with Crippen molar-refractivity contribution in [2.24, 2.45) is 0 Å². The maximum Gasteiger partial charge on any atom is 0.172 e. The number of aryl methyl sites for hydroxylation is 2. The third kappa shape index (κ3) is 7.97. The molecule has 58 heavy (non-hydrogen) atoms. The van der Waals surface area contributed by atoms with Gasteiger partial charge in [0, 0.05) is 29.4 Å². The van der Waals surface area contributed by atoms with Gasteiger partial charge in [-0.1, -0.05) is 74.5 Å². The third-order valence-corrected chi connectivity index (χ3v) is 11.7. The quantitative estimate of drug-likeness (QED) is 0.0782. The number of aliphatic hydroxyl groups is 3. The number of hydrogen-bond acceptors (Lipinski definition) is 8. The zero-order valence-electron chi connectivity index (χ0n) is 34.6. The minimum absolute atomic E-state index is 0.0920. The summed E-state index contributed by atoms with van der Waals surface area (Å²) in [5.41, 5.74) is 7.47. The summed E-state index contributed by atoms with van der Waals surface area (Å²) in [6, 6.07) is 27.7. The third-order valence-electron chi connectivity index (χ3n) is 11.7. The summed E-state index contributed by atoms with van der Waals surface area (Å²) in [5, 5.41) is 34.9. The molecule has 0 bridgehead atoms. The zero-order valence-corrected chi connectivity index (χ0v) is 34.6. The van der Waals surface area contributed by atoms with Gasteiger partial charge < -0.3 is 29.5 Å². The predicted octanol–water partition coefficient (Wildman–Crippen LogP) is 10.3. The van der Waals surface area contributed by atoms with E-state index in [1.54, 1.807) is 19.2 Å². The van der Waals surface area contributed by atoms with Crippen LogP contribution in [0.2, 0.25) is 0 Å². The second-order valence-corrected chi connectivity index (χ2v) is 15.2. The van der Waals surface area contributed by atoms with Crippen LogP contribution in [0.1, 0.15) is 111 Å². The van der Waals surface area contributed by atoms with Crippen molar-refractivity contribution in [2.45, 2.75) is 85.0 Å². The molecule has 6 rings (SSSR count). The molecule has 0 fully saturated rings. The predicted molar refractivity (Wildman–Crippen MR) is 231 cm³/mol. The van der Waals surface area contributed by atoms with E-state index in [0.717, 1.165) is 27.8 Å². The lowest BCUT2D eigenvalue weighted by atomic mass is 9.82. The van der Waals surface area contributed by atoms with Gasteiger partial charge in [-0.3, -0.25) is 9.59 Å². The highest BCUT2D eigenvalue weighted by atomic mass is 16.5. The van der Waals surface area contributed by atoms with E-state index in [4.69, 9.17) is 14.2 Å². The lowest BCUT2D eigenvalue weighted by molar-refractivity contribution is 0.0968. The Labute approximate surface area is 341 Å². The van der Waals surface area contributed by atoms with Crippen LogP contribution in [0.15, 0.2) is 84.9 Å². The molecule has 0 aliphatic rings. The molecule has 0 aromatic heterocycles. The lowest BCUT2D eigenvalue weighted by Crippen LogP contribution is -2.11. The number of aliphatic hydroxyl groups excluding tert-OH is 3. The molecular weight excluding hydrogens is 729 g/mol. The Morgan fingerprint density at radius 3 is 1.53 bits per heavy atom. The molecule has 0 heterocycles. The average Bonchev–Trinajstić information content (AvgIpc) is 3.25. The molecule has 0 saturated carbocycles. The maximum absolute atomic E-state index is 14.3. The number of methoxy groups -OCH3 is 3. The van der Waals surface area contributed by atoms with Crippen LogP contribution in [-0.2, 0) is 19.8 Å². The molecule has 3 N–H and O–H groups in total. The fraction of sp³-hybridized carbons (Fsp3) is 0.320. The molecule has 0 aliphatic heterocycles. The molecule has 0 spiro atoms. The summed E-state index contributed by atoms with van der Waals surface area (Å²) < 4.78 is 17.9. The second kappa shape index (κ2) is 18.4.